The minimum Gasteiger partial charge on any atom is -0.130 e. The average Bonchev–Trinajstić information content (AvgIpc) is 2.40. The molecule has 3 heteroatoms. The molecular weight excluding hydrogens is 271 g/mol. The molecule has 0 spiro atoms. The standard InChI is InChI=1S/C14H12Cl2S/c1-17-13-9-7-12(8-10-13)14(15,16)11-5-3-2-4-6-11/h2-10H,1H3. The Kier molecular flexibility index (Phi) is 4.03. The molecule has 0 aliphatic rings. The predicted molar refractivity (Wildman–Crippen MR) is 77.2 cm³/mol. The lowest BCUT2D eigenvalue weighted by Crippen LogP contribution is -2.11. The first kappa shape index (κ1) is 12.8. The summed E-state index contributed by atoms with van der Waals surface area (Å²) in [5, 5.41) is 0. The van der Waals surface area contributed by atoms with Crippen LogP contribution in [0.15, 0.2) is 59.5 Å². The lowest BCUT2D eigenvalue weighted by Gasteiger charge is -2.20. The largest absolute Gasteiger partial charge is 0.168 e. The SMILES string of the molecule is CSc1ccc(C(Cl)(Cl)c2ccccc2)cc1. The van der Waals surface area contributed by atoms with Crippen molar-refractivity contribution < 1.29 is 0 Å². The quantitative estimate of drug-likeness (QED) is 0.558. The second-order valence-electron chi connectivity index (χ2n) is 3.67. The molecule has 2 aromatic rings. The summed E-state index contributed by atoms with van der Waals surface area (Å²) in [6, 6.07) is 17.7. The van der Waals surface area contributed by atoms with E-state index in [2.05, 4.69) is 0 Å². The number of benzene rings is 2. The Morgan fingerprint density at radius 1 is 0.824 bits per heavy atom. The molecule has 2 rings (SSSR count). The summed E-state index contributed by atoms with van der Waals surface area (Å²) >= 11 is 14.6. The Morgan fingerprint density at radius 2 is 1.35 bits per heavy atom. The van der Waals surface area contributed by atoms with Gasteiger partial charge in [-0.2, -0.15) is 0 Å². The molecule has 0 saturated carbocycles. The third kappa shape index (κ3) is 2.79. The first-order chi connectivity index (χ1) is 8.14. The minimum atomic E-state index is -0.988. The lowest BCUT2D eigenvalue weighted by molar-refractivity contribution is 1.03. The van der Waals surface area contributed by atoms with Crippen LogP contribution >= 0.6 is 35.0 Å². The van der Waals surface area contributed by atoms with E-state index < -0.39 is 4.33 Å². The molecule has 0 amide bonds. The van der Waals surface area contributed by atoms with Gasteiger partial charge in [-0.05, 0) is 29.5 Å². The Balaban J connectivity index is 2.37. The summed E-state index contributed by atoms with van der Waals surface area (Å²) in [5.41, 5.74) is 1.78. The maximum atomic E-state index is 6.44. The van der Waals surface area contributed by atoms with Crippen molar-refractivity contribution in [2.75, 3.05) is 6.26 Å². The van der Waals surface area contributed by atoms with Crippen LogP contribution < -0.4 is 0 Å². The second-order valence-corrected chi connectivity index (χ2v) is 5.88. The highest BCUT2D eigenvalue weighted by Gasteiger charge is 2.28. The van der Waals surface area contributed by atoms with Gasteiger partial charge < -0.3 is 0 Å². The fourth-order valence-electron chi connectivity index (χ4n) is 1.61. The van der Waals surface area contributed by atoms with Crippen molar-refractivity contribution in [3.05, 3.63) is 65.7 Å². The van der Waals surface area contributed by atoms with E-state index in [1.165, 1.54) is 4.90 Å². The molecule has 0 radical (unpaired) electrons. The van der Waals surface area contributed by atoms with Gasteiger partial charge in [-0.25, -0.2) is 0 Å². The number of hydrogen-bond acceptors (Lipinski definition) is 1. The number of halogens is 2. The van der Waals surface area contributed by atoms with Gasteiger partial charge in [0.05, 0.1) is 0 Å². The lowest BCUT2D eigenvalue weighted by atomic mass is 10.0. The van der Waals surface area contributed by atoms with E-state index in [1.807, 2.05) is 60.9 Å². The smallest absolute Gasteiger partial charge is 0.130 e. The van der Waals surface area contributed by atoms with Crippen LogP contribution in [0.1, 0.15) is 11.1 Å². The Bertz CT molecular complexity index is 477. The van der Waals surface area contributed by atoms with Gasteiger partial charge in [0.25, 0.3) is 0 Å². The van der Waals surface area contributed by atoms with E-state index in [4.69, 9.17) is 23.2 Å². The molecule has 0 bridgehead atoms. The summed E-state index contributed by atoms with van der Waals surface area (Å²) in [5.74, 6) is 0. The monoisotopic (exact) mass is 282 g/mol. The van der Waals surface area contributed by atoms with Crippen LogP contribution in [0, 0.1) is 0 Å². The van der Waals surface area contributed by atoms with Gasteiger partial charge in [0.15, 0.2) is 4.33 Å². The molecule has 0 saturated heterocycles. The van der Waals surface area contributed by atoms with Crippen molar-refractivity contribution in [2.24, 2.45) is 0 Å². The number of hydrogen-bond donors (Lipinski definition) is 0. The van der Waals surface area contributed by atoms with E-state index >= 15 is 0 Å². The van der Waals surface area contributed by atoms with E-state index in [9.17, 15) is 0 Å². The van der Waals surface area contributed by atoms with Crippen LogP contribution in [0.3, 0.4) is 0 Å². The van der Waals surface area contributed by atoms with Crippen molar-refractivity contribution in [3.8, 4) is 0 Å². The van der Waals surface area contributed by atoms with Gasteiger partial charge in [0.1, 0.15) is 0 Å². The van der Waals surface area contributed by atoms with Crippen molar-refractivity contribution >= 4 is 35.0 Å². The van der Waals surface area contributed by atoms with Gasteiger partial charge in [-0.3, -0.25) is 0 Å². The summed E-state index contributed by atoms with van der Waals surface area (Å²) in [6.45, 7) is 0. The van der Waals surface area contributed by atoms with Crippen LogP contribution in [-0.4, -0.2) is 6.26 Å². The topological polar surface area (TPSA) is 0 Å². The maximum absolute atomic E-state index is 6.44. The van der Waals surface area contributed by atoms with Crippen LogP contribution in [0.4, 0.5) is 0 Å². The zero-order chi connectivity index (χ0) is 12.3. The summed E-state index contributed by atoms with van der Waals surface area (Å²) in [6.07, 6.45) is 2.04. The average molecular weight is 283 g/mol. The van der Waals surface area contributed by atoms with Crippen LogP contribution in [0.25, 0.3) is 0 Å². The van der Waals surface area contributed by atoms with E-state index in [-0.39, 0.29) is 0 Å². The van der Waals surface area contributed by atoms with E-state index in [0.717, 1.165) is 11.1 Å². The number of rotatable bonds is 3. The second kappa shape index (κ2) is 5.34. The Labute approximate surface area is 116 Å². The van der Waals surface area contributed by atoms with Gasteiger partial charge in [0, 0.05) is 4.90 Å². The molecule has 0 heterocycles. The van der Waals surface area contributed by atoms with Gasteiger partial charge >= 0.3 is 0 Å². The van der Waals surface area contributed by atoms with Crippen molar-refractivity contribution in [1.82, 2.24) is 0 Å². The van der Waals surface area contributed by atoms with E-state index in [0.29, 0.717) is 0 Å². The first-order valence-electron chi connectivity index (χ1n) is 5.22. The molecule has 0 unspecified atom stereocenters. The molecule has 2 aromatic carbocycles. The highest BCUT2D eigenvalue weighted by atomic mass is 35.5. The molecule has 88 valence electrons. The van der Waals surface area contributed by atoms with E-state index in [1.54, 1.807) is 11.8 Å². The Hall–Kier alpha value is -0.630. The predicted octanol–water partition coefficient (Wildman–Crippen LogP) is 5.09. The maximum Gasteiger partial charge on any atom is 0.168 e. The van der Waals surface area contributed by atoms with Crippen LogP contribution in [-0.2, 0) is 4.33 Å². The summed E-state index contributed by atoms with van der Waals surface area (Å²) in [7, 11) is 0. The minimum absolute atomic E-state index is 0.889. The van der Waals surface area contributed by atoms with Gasteiger partial charge in [-0.15, -0.1) is 11.8 Å². The Morgan fingerprint density at radius 3 is 1.88 bits per heavy atom. The summed E-state index contributed by atoms with van der Waals surface area (Å²) < 4.78 is -0.988. The van der Waals surface area contributed by atoms with Crippen molar-refractivity contribution in [3.63, 3.8) is 0 Å². The molecular formula is C14H12Cl2S. The highest BCUT2D eigenvalue weighted by molar-refractivity contribution is 7.98. The molecule has 0 atom stereocenters. The van der Waals surface area contributed by atoms with Crippen molar-refractivity contribution in [1.29, 1.82) is 0 Å². The van der Waals surface area contributed by atoms with Crippen LogP contribution in [0.2, 0.25) is 0 Å². The molecule has 0 fully saturated rings. The molecule has 0 aromatic heterocycles. The van der Waals surface area contributed by atoms with Gasteiger partial charge in [-0.1, -0.05) is 65.7 Å². The normalized spacial score (nSPS) is 11.5. The fourth-order valence-corrected chi connectivity index (χ4v) is 2.53. The molecule has 0 aliphatic carbocycles. The zero-order valence-electron chi connectivity index (χ0n) is 9.36. The van der Waals surface area contributed by atoms with Gasteiger partial charge in [0.2, 0.25) is 0 Å². The molecule has 17 heavy (non-hydrogen) atoms. The zero-order valence-corrected chi connectivity index (χ0v) is 11.7. The first-order valence-corrected chi connectivity index (χ1v) is 7.20. The number of alkyl halides is 2. The third-order valence-corrected chi connectivity index (χ3v) is 4.21. The fraction of sp³-hybridized carbons (Fsp3) is 0.143. The molecule has 0 N–H and O–H groups in total. The number of thioether (sulfide) groups is 1. The van der Waals surface area contributed by atoms with Crippen molar-refractivity contribution in [2.45, 2.75) is 9.23 Å². The van der Waals surface area contributed by atoms with Crippen LogP contribution in [0.5, 0.6) is 0 Å². The molecule has 0 aliphatic heterocycles. The highest BCUT2D eigenvalue weighted by Crippen LogP contribution is 2.40. The molecule has 0 nitrogen and oxygen atoms in total. The third-order valence-electron chi connectivity index (χ3n) is 2.59. The summed E-state index contributed by atoms with van der Waals surface area (Å²) in [4.78, 5) is 1.20.